The second-order valence-electron chi connectivity index (χ2n) is 3.62. The van der Waals surface area contributed by atoms with Crippen molar-refractivity contribution in [2.24, 2.45) is 0 Å². The Morgan fingerprint density at radius 1 is 0.929 bits per heavy atom. The Balaban J connectivity index is 2.80. The van der Waals surface area contributed by atoms with Crippen LogP contribution in [0.2, 0.25) is 0 Å². The SMILES string of the molecule is Cc1ccc(C)c2c1C(=S)N(C)C2=S. The first-order valence-corrected chi connectivity index (χ1v) is 5.28. The highest BCUT2D eigenvalue weighted by Gasteiger charge is 2.28. The van der Waals surface area contributed by atoms with E-state index in [0.717, 1.165) is 21.1 Å². The zero-order chi connectivity index (χ0) is 10.5. The van der Waals surface area contributed by atoms with Crippen molar-refractivity contribution in [1.82, 2.24) is 4.90 Å². The highest BCUT2D eigenvalue weighted by molar-refractivity contribution is 7.82. The predicted molar refractivity (Wildman–Crippen MR) is 67.1 cm³/mol. The van der Waals surface area contributed by atoms with Crippen molar-refractivity contribution in [2.75, 3.05) is 7.05 Å². The van der Waals surface area contributed by atoms with Gasteiger partial charge in [0.15, 0.2) is 0 Å². The zero-order valence-electron chi connectivity index (χ0n) is 8.42. The van der Waals surface area contributed by atoms with Gasteiger partial charge in [-0.3, -0.25) is 0 Å². The Morgan fingerprint density at radius 2 is 1.29 bits per heavy atom. The van der Waals surface area contributed by atoms with E-state index in [1.54, 1.807) is 0 Å². The van der Waals surface area contributed by atoms with Gasteiger partial charge in [-0.1, -0.05) is 36.6 Å². The van der Waals surface area contributed by atoms with E-state index >= 15 is 0 Å². The van der Waals surface area contributed by atoms with Gasteiger partial charge in [-0.15, -0.1) is 0 Å². The lowest BCUT2D eigenvalue weighted by Crippen LogP contribution is -2.22. The summed E-state index contributed by atoms with van der Waals surface area (Å²) in [4.78, 5) is 3.62. The summed E-state index contributed by atoms with van der Waals surface area (Å²) < 4.78 is 0. The number of hydrogen-bond acceptors (Lipinski definition) is 2. The number of nitrogens with zero attached hydrogens (tertiary/aromatic N) is 1. The molecule has 0 unspecified atom stereocenters. The van der Waals surface area contributed by atoms with Gasteiger partial charge in [0.25, 0.3) is 0 Å². The molecule has 0 saturated carbocycles. The van der Waals surface area contributed by atoms with Crippen molar-refractivity contribution in [1.29, 1.82) is 0 Å². The van der Waals surface area contributed by atoms with Crippen molar-refractivity contribution < 1.29 is 0 Å². The van der Waals surface area contributed by atoms with E-state index in [1.807, 2.05) is 11.9 Å². The molecule has 0 spiro atoms. The van der Waals surface area contributed by atoms with E-state index in [0.29, 0.717) is 0 Å². The van der Waals surface area contributed by atoms with Crippen LogP contribution in [0.3, 0.4) is 0 Å². The number of thiocarbonyl (C=S) groups is 2. The molecule has 0 radical (unpaired) electrons. The summed E-state index contributed by atoms with van der Waals surface area (Å²) in [7, 11) is 1.93. The normalized spacial score (nSPS) is 14.9. The zero-order valence-corrected chi connectivity index (χ0v) is 10.1. The number of hydrogen-bond donors (Lipinski definition) is 0. The van der Waals surface area contributed by atoms with E-state index in [4.69, 9.17) is 24.4 Å². The Hall–Kier alpha value is -0.800. The standard InChI is InChI=1S/C11H11NS2/c1-6-4-5-7(2)9-8(6)10(13)12(3)11(9)14/h4-5H,1-3H3. The molecule has 72 valence electrons. The highest BCUT2D eigenvalue weighted by Crippen LogP contribution is 2.28. The molecular formula is C11H11NS2. The van der Waals surface area contributed by atoms with Crippen LogP contribution < -0.4 is 0 Å². The molecule has 0 saturated heterocycles. The maximum Gasteiger partial charge on any atom is 0.114 e. The van der Waals surface area contributed by atoms with Crippen molar-refractivity contribution in [3.8, 4) is 0 Å². The van der Waals surface area contributed by atoms with Crippen LogP contribution in [-0.4, -0.2) is 21.9 Å². The average molecular weight is 221 g/mol. The fraction of sp³-hybridized carbons (Fsp3) is 0.273. The molecule has 2 rings (SSSR count). The molecule has 1 heterocycles. The van der Waals surface area contributed by atoms with Crippen LogP contribution in [0.15, 0.2) is 12.1 Å². The molecule has 0 fully saturated rings. The van der Waals surface area contributed by atoms with E-state index in [2.05, 4.69) is 26.0 Å². The van der Waals surface area contributed by atoms with Crippen molar-refractivity contribution in [3.05, 3.63) is 34.4 Å². The summed E-state index contributed by atoms with van der Waals surface area (Å²) >= 11 is 10.7. The van der Waals surface area contributed by atoms with Gasteiger partial charge in [-0.05, 0) is 25.0 Å². The lowest BCUT2D eigenvalue weighted by atomic mass is 10.00. The number of benzene rings is 1. The minimum Gasteiger partial charge on any atom is -0.326 e. The lowest BCUT2D eigenvalue weighted by Gasteiger charge is -2.09. The van der Waals surface area contributed by atoms with Crippen LogP contribution in [0.1, 0.15) is 22.3 Å². The molecule has 0 aromatic heterocycles. The largest absolute Gasteiger partial charge is 0.326 e. The van der Waals surface area contributed by atoms with E-state index in [-0.39, 0.29) is 0 Å². The van der Waals surface area contributed by atoms with Crippen LogP contribution >= 0.6 is 24.4 Å². The maximum atomic E-state index is 5.36. The summed E-state index contributed by atoms with van der Waals surface area (Å²) in [5.74, 6) is 0. The number of fused-ring (bicyclic) bond motifs is 1. The first kappa shape index (κ1) is 9.74. The van der Waals surface area contributed by atoms with Crippen LogP contribution in [0, 0.1) is 13.8 Å². The summed E-state index contributed by atoms with van der Waals surface area (Å²) in [5.41, 5.74) is 4.71. The molecule has 1 aliphatic rings. The lowest BCUT2D eigenvalue weighted by molar-refractivity contribution is 0.803. The van der Waals surface area contributed by atoms with Crippen LogP contribution in [0.25, 0.3) is 0 Å². The second-order valence-corrected chi connectivity index (χ2v) is 4.39. The molecule has 0 aliphatic carbocycles. The quantitative estimate of drug-likeness (QED) is 0.620. The molecule has 0 N–H and O–H groups in total. The first-order chi connectivity index (χ1) is 6.54. The van der Waals surface area contributed by atoms with Gasteiger partial charge < -0.3 is 4.90 Å². The Labute approximate surface area is 94.7 Å². The van der Waals surface area contributed by atoms with Gasteiger partial charge >= 0.3 is 0 Å². The second kappa shape index (κ2) is 3.11. The molecular weight excluding hydrogens is 210 g/mol. The third kappa shape index (κ3) is 1.12. The molecule has 1 aromatic rings. The fourth-order valence-corrected chi connectivity index (χ4v) is 2.56. The first-order valence-electron chi connectivity index (χ1n) is 4.46. The number of aryl methyl sites for hydroxylation is 2. The Morgan fingerprint density at radius 3 is 1.64 bits per heavy atom. The van der Waals surface area contributed by atoms with Crippen LogP contribution in [0.4, 0.5) is 0 Å². The summed E-state index contributed by atoms with van der Waals surface area (Å²) in [6.07, 6.45) is 0. The molecule has 1 aromatic carbocycles. The molecule has 1 nitrogen and oxygen atoms in total. The molecule has 3 heteroatoms. The van der Waals surface area contributed by atoms with Gasteiger partial charge in [0.05, 0.1) is 0 Å². The van der Waals surface area contributed by atoms with Crippen molar-refractivity contribution in [3.63, 3.8) is 0 Å². The van der Waals surface area contributed by atoms with E-state index in [9.17, 15) is 0 Å². The van der Waals surface area contributed by atoms with E-state index in [1.165, 1.54) is 11.1 Å². The third-order valence-corrected chi connectivity index (χ3v) is 3.61. The summed E-state index contributed by atoms with van der Waals surface area (Å²) in [6.45, 7) is 4.15. The Kier molecular flexibility index (Phi) is 2.16. The summed E-state index contributed by atoms with van der Waals surface area (Å²) in [6, 6.07) is 4.20. The topological polar surface area (TPSA) is 3.24 Å². The predicted octanol–water partition coefficient (Wildman–Crippen LogP) is 2.60. The minimum atomic E-state index is 0.853. The molecule has 0 amide bonds. The van der Waals surface area contributed by atoms with Crippen LogP contribution in [0.5, 0.6) is 0 Å². The van der Waals surface area contributed by atoms with Crippen molar-refractivity contribution >= 4 is 34.4 Å². The van der Waals surface area contributed by atoms with Gasteiger partial charge in [-0.25, -0.2) is 0 Å². The molecule has 1 aliphatic heterocycles. The third-order valence-electron chi connectivity index (χ3n) is 2.66. The molecule has 0 bridgehead atoms. The Bertz CT molecular complexity index is 408. The van der Waals surface area contributed by atoms with Gasteiger partial charge in [-0.2, -0.15) is 0 Å². The molecule has 0 atom stereocenters. The maximum absolute atomic E-state index is 5.36. The molecule has 14 heavy (non-hydrogen) atoms. The van der Waals surface area contributed by atoms with E-state index < -0.39 is 0 Å². The van der Waals surface area contributed by atoms with Gasteiger partial charge in [0.2, 0.25) is 0 Å². The van der Waals surface area contributed by atoms with Crippen LogP contribution in [-0.2, 0) is 0 Å². The average Bonchev–Trinajstić information content (AvgIpc) is 2.38. The smallest absolute Gasteiger partial charge is 0.114 e. The monoisotopic (exact) mass is 221 g/mol. The fourth-order valence-electron chi connectivity index (χ4n) is 1.79. The van der Waals surface area contributed by atoms with Gasteiger partial charge in [0, 0.05) is 18.2 Å². The minimum absolute atomic E-state index is 0.853. The summed E-state index contributed by atoms with van der Waals surface area (Å²) in [5, 5.41) is 0. The van der Waals surface area contributed by atoms with Gasteiger partial charge in [0.1, 0.15) is 9.98 Å². The highest BCUT2D eigenvalue weighted by atomic mass is 32.1. The number of rotatable bonds is 0. The van der Waals surface area contributed by atoms with Crippen molar-refractivity contribution in [2.45, 2.75) is 13.8 Å².